The minimum atomic E-state index is -0.162. The van der Waals surface area contributed by atoms with Crippen molar-refractivity contribution in [1.29, 1.82) is 0 Å². The lowest BCUT2D eigenvalue weighted by Gasteiger charge is -2.32. The number of amides is 1. The van der Waals surface area contributed by atoms with Crippen molar-refractivity contribution in [1.82, 2.24) is 15.4 Å². The monoisotopic (exact) mass is 311 g/mol. The fourth-order valence-corrected chi connectivity index (χ4v) is 3.23. The number of piperidine rings is 1. The molecule has 1 aromatic carbocycles. The third-order valence-corrected chi connectivity index (χ3v) is 4.73. The van der Waals surface area contributed by atoms with E-state index >= 15 is 0 Å². The van der Waals surface area contributed by atoms with Gasteiger partial charge in [0.15, 0.2) is 0 Å². The number of benzene rings is 1. The maximum absolute atomic E-state index is 12.3. The normalized spacial score (nSPS) is 19.7. The molecule has 0 atom stereocenters. The van der Waals surface area contributed by atoms with E-state index in [0.29, 0.717) is 5.69 Å². The summed E-state index contributed by atoms with van der Waals surface area (Å²) < 4.78 is 5.22. The summed E-state index contributed by atoms with van der Waals surface area (Å²) in [5.74, 6) is 0.123. The second-order valence-corrected chi connectivity index (χ2v) is 6.46. The molecule has 120 valence electrons. The van der Waals surface area contributed by atoms with E-state index < -0.39 is 0 Å². The molecular formula is C18H21N3O2. The summed E-state index contributed by atoms with van der Waals surface area (Å²) in [5.41, 5.74) is 1.65. The number of carbonyl (C=O) groups is 1. The molecule has 1 saturated carbocycles. The third-order valence-electron chi connectivity index (χ3n) is 4.73. The van der Waals surface area contributed by atoms with Crippen molar-refractivity contribution in [2.75, 3.05) is 13.1 Å². The van der Waals surface area contributed by atoms with Crippen LogP contribution in [0.25, 0.3) is 11.3 Å². The van der Waals surface area contributed by atoms with Gasteiger partial charge in [-0.2, -0.15) is 0 Å². The van der Waals surface area contributed by atoms with Crippen LogP contribution >= 0.6 is 0 Å². The van der Waals surface area contributed by atoms with Gasteiger partial charge in [0.05, 0.1) is 0 Å². The van der Waals surface area contributed by atoms with E-state index in [0.717, 1.165) is 37.5 Å². The van der Waals surface area contributed by atoms with Gasteiger partial charge >= 0.3 is 0 Å². The number of nitrogens with one attached hydrogen (secondary N) is 1. The van der Waals surface area contributed by atoms with Crippen LogP contribution in [0.4, 0.5) is 0 Å². The number of hydrogen-bond acceptors (Lipinski definition) is 4. The number of rotatable bonds is 4. The van der Waals surface area contributed by atoms with Crippen LogP contribution in [0.1, 0.15) is 36.2 Å². The highest BCUT2D eigenvalue weighted by atomic mass is 16.5. The van der Waals surface area contributed by atoms with Gasteiger partial charge < -0.3 is 14.7 Å². The molecule has 1 aliphatic carbocycles. The van der Waals surface area contributed by atoms with Gasteiger partial charge in [0.25, 0.3) is 5.91 Å². The first-order chi connectivity index (χ1) is 11.3. The van der Waals surface area contributed by atoms with Crippen LogP contribution in [-0.2, 0) is 0 Å². The number of hydrogen-bond donors (Lipinski definition) is 1. The van der Waals surface area contributed by atoms with E-state index in [9.17, 15) is 4.79 Å². The van der Waals surface area contributed by atoms with Crippen molar-refractivity contribution in [3.8, 4) is 11.3 Å². The molecule has 1 saturated heterocycles. The highest BCUT2D eigenvalue weighted by Crippen LogP contribution is 2.29. The summed E-state index contributed by atoms with van der Waals surface area (Å²) in [6.07, 6.45) is 4.72. The molecule has 1 N–H and O–H groups in total. The van der Waals surface area contributed by atoms with E-state index in [4.69, 9.17) is 4.52 Å². The molecule has 2 aliphatic rings. The standard InChI is InChI=1S/C18H21N3O2/c22-18(19-14-8-10-21(11-9-14)15-6-7-15)17-12-16(20-23-17)13-4-2-1-3-5-13/h1-5,12,14-15H,6-11H2,(H,19,22). The Morgan fingerprint density at radius 1 is 1.13 bits per heavy atom. The van der Waals surface area contributed by atoms with Crippen molar-refractivity contribution >= 4 is 5.91 Å². The van der Waals surface area contributed by atoms with Gasteiger partial charge in [0.1, 0.15) is 5.69 Å². The Balaban J connectivity index is 1.35. The van der Waals surface area contributed by atoms with Crippen LogP contribution in [0.15, 0.2) is 40.9 Å². The van der Waals surface area contributed by atoms with Gasteiger partial charge in [-0.05, 0) is 25.7 Å². The summed E-state index contributed by atoms with van der Waals surface area (Å²) >= 11 is 0. The third kappa shape index (κ3) is 3.29. The molecule has 5 nitrogen and oxygen atoms in total. The van der Waals surface area contributed by atoms with Crippen molar-refractivity contribution < 1.29 is 9.32 Å². The molecule has 1 aliphatic heterocycles. The first kappa shape index (κ1) is 14.5. The molecule has 2 fully saturated rings. The molecular weight excluding hydrogens is 290 g/mol. The van der Waals surface area contributed by atoms with Gasteiger partial charge in [-0.15, -0.1) is 0 Å². The number of carbonyl (C=O) groups excluding carboxylic acids is 1. The molecule has 4 rings (SSSR count). The molecule has 2 aromatic rings. The summed E-state index contributed by atoms with van der Waals surface area (Å²) in [5, 5.41) is 7.08. The molecule has 1 amide bonds. The van der Waals surface area contributed by atoms with Crippen LogP contribution in [0.5, 0.6) is 0 Å². The molecule has 5 heteroatoms. The quantitative estimate of drug-likeness (QED) is 0.943. The van der Waals surface area contributed by atoms with Gasteiger partial charge in [0.2, 0.25) is 5.76 Å². The zero-order valence-corrected chi connectivity index (χ0v) is 13.1. The highest BCUT2D eigenvalue weighted by molar-refractivity contribution is 5.92. The Kier molecular flexibility index (Phi) is 3.87. The van der Waals surface area contributed by atoms with E-state index in [1.165, 1.54) is 12.8 Å². The first-order valence-electron chi connectivity index (χ1n) is 8.36. The predicted octanol–water partition coefficient (Wildman–Crippen LogP) is 2.70. The summed E-state index contributed by atoms with van der Waals surface area (Å²) in [7, 11) is 0. The highest BCUT2D eigenvalue weighted by Gasteiger charge is 2.32. The van der Waals surface area contributed by atoms with Gasteiger partial charge in [-0.1, -0.05) is 35.5 Å². The fraction of sp³-hybridized carbons (Fsp3) is 0.444. The first-order valence-corrected chi connectivity index (χ1v) is 8.36. The van der Waals surface area contributed by atoms with E-state index in [1.54, 1.807) is 6.07 Å². The average Bonchev–Trinajstić information content (AvgIpc) is 3.32. The average molecular weight is 311 g/mol. The summed E-state index contributed by atoms with van der Waals surface area (Å²) in [4.78, 5) is 14.9. The van der Waals surface area contributed by atoms with Crippen LogP contribution < -0.4 is 5.32 Å². The van der Waals surface area contributed by atoms with Crippen molar-refractivity contribution in [3.63, 3.8) is 0 Å². The Morgan fingerprint density at radius 3 is 2.57 bits per heavy atom. The summed E-state index contributed by atoms with van der Waals surface area (Å²) in [6, 6.07) is 12.5. The minimum absolute atomic E-state index is 0.162. The summed E-state index contributed by atoms with van der Waals surface area (Å²) in [6.45, 7) is 2.17. The van der Waals surface area contributed by atoms with E-state index in [2.05, 4.69) is 15.4 Å². The lowest BCUT2D eigenvalue weighted by molar-refractivity contribution is 0.0872. The van der Waals surface area contributed by atoms with Gasteiger partial charge in [-0.3, -0.25) is 4.79 Å². The molecule has 1 aromatic heterocycles. The number of aromatic nitrogens is 1. The van der Waals surface area contributed by atoms with Crippen LogP contribution in [0, 0.1) is 0 Å². The molecule has 23 heavy (non-hydrogen) atoms. The molecule has 0 spiro atoms. The molecule has 2 heterocycles. The predicted molar refractivity (Wildman–Crippen MR) is 87.0 cm³/mol. The van der Waals surface area contributed by atoms with Crippen LogP contribution in [-0.4, -0.2) is 41.1 Å². The molecule has 0 radical (unpaired) electrons. The Labute approximate surface area is 135 Å². The fourth-order valence-electron chi connectivity index (χ4n) is 3.23. The second-order valence-electron chi connectivity index (χ2n) is 6.46. The molecule has 0 unspecified atom stereocenters. The zero-order chi connectivity index (χ0) is 15.6. The van der Waals surface area contributed by atoms with Crippen LogP contribution in [0.3, 0.4) is 0 Å². The number of likely N-dealkylation sites (tertiary alicyclic amines) is 1. The smallest absolute Gasteiger partial charge is 0.290 e. The lowest BCUT2D eigenvalue weighted by atomic mass is 10.0. The van der Waals surface area contributed by atoms with E-state index in [1.807, 2.05) is 30.3 Å². The maximum atomic E-state index is 12.3. The molecule has 0 bridgehead atoms. The second kappa shape index (κ2) is 6.16. The SMILES string of the molecule is O=C(NC1CCN(C2CC2)CC1)c1cc(-c2ccccc2)no1. The maximum Gasteiger partial charge on any atom is 0.290 e. The number of nitrogens with zero attached hydrogens (tertiary/aromatic N) is 2. The van der Waals surface area contributed by atoms with Crippen molar-refractivity contribution in [3.05, 3.63) is 42.2 Å². The van der Waals surface area contributed by atoms with Gasteiger partial charge in [0, 0.05) is 36.8 Å². The largest absolute Gasteiger partial charge is 0.350 e. The van der Waals surface area contributed by atoms with Gasteiger partial charge in [-0.25, -0.2) is 0 Å². The Bertz CT molecular complexity index is 671. The van der Waals surface area contributed by atoms with E-state index in [-0.39, 0.29) is 17.7 Å². The zero-order valence-electron chi connectivity index (χ0n) is 13.1. The van der Waals surface area contributed by atoms with Crippen LogP contribution in [0.2, 0.25) is 0 Å². The van der Waals surface area contributed by atoms with Crippen molar-refractivity contribution in [2.24, 2.45) is 0 Å². The van der Waals surface area contributed by atoms with Crippen molar-refractivity contribution in [2.45, 2.75) is 37.8 Å². The minimum Gasteiger partial charge on any atom is -0.350 e. The topological polar surface area (TPSA) is 58.4 Å². The lowest BCUT2D eigenvalue weighted by Crippen LogP contribution is -2.45. The Morgan fingerprint density at radius 2 is 1.87 bits per heavy atom. The Hall–Kier alpha value is -2.14.